The normalized spacial score (nSPS) is 18.0. The second kappa shape index (κ2) is 8.87. The Morgan fingerprint density at radius 2 is 1.10 bits per heavy atom. The zero-order valence-corrected chi connectivity index (χ0v) is 20.5. The topological polar surface area (TPSA) is 12.0 Å². The van der Waals surface area contributed by atoms with Crippen LogP contribution in [0.1, 0.15) is 96.4 Å². The van der Waals surface area contributed by atoms with E-state index < -0.39 is 0 Å². The van der Waals surface area contributed by atoms with Gasteiger partial charge in [0.15, 0.2) is 0 Å². The van der Waals surface area contributed by atoms with Gasteiger partial charge >= 0.3 is 0 Å². The highest BCUT2D eigenvalue weighted by molar-refractivity contribution is 5.40. The van der Waals surface area contributed by atoms with E-state index in [1.807, 2.05) is 0 Å². The van der Waals surface area contributed by atoms with Gasteiger partial charge in [-0.1, -0.05) is 104 Å². The van der Waals surface area contributed by atoms with Gasteiger partial charge in [-0.3, -0.25) is 0 Å². The fraction of sp³-hybridized carbons (Fsp3) is 0.586. The SMILES string of the molecule is CC(C)C(C)(C)c1ccc(C(c2ccc(C(C)(C)C(C)C)cc2)C2CCCN2)cc1. The summed E-state index contributed by atoms with van der Waals surface area (Å²) in [5.74, 6) is 1.65. The number of benzene rings is 2. The van der Waals surface area contributed by atoms with Crippen LogP contribution in [0.15, 0.2) is 48.5 Å². The average molecular weight is 406 g/mol. The van der Waals surface area contributed by atoms with Crippen molar-refractivity contribution in [3.8, 4) is 0 Å². The Hall–Kier alpha value is -1.60. The molecule has 0 aromatic heterocycles. The first kappa shape index (κ1) is 23.1. The summed E-state index contributed by atoms with van der Waals surface area (Å²) in [6.45, 7) is 19.8. The fourth-order valence-corrected chi connectivity index (χ4v) is 4.56. The van der Waals surface area contributed by atoms with Crippen molar-refractivity contribution in [1.29, 1.82) is 0 Å². The van der Waals surface area contributed by atoms with Gasteiger partial charge in [-0.25, -0.2) is 0 Å². The van der Waals surface area contributed by atoms with Gasteiger partial charge in [0.25, 0.3) is 0 Å². The number of nitrogens with one attached hydrogen (secondary N) is 1. The largest absolute Gasteiger partial charge is 0.313 e. The van der Waals surface area contributed by atoms with E-state index in [2.05, 4.69) is 109 Å². The molecular weight excluding hydrogens is 362 g/mol. The van der Waals surface area contributed by atoms with Crippen LogP contribution in [0.3, 0.4) is 0 Å². The Bertz CT molecular complexity index is 739. The van der Waals surface area contributed by atoms with E-state index in [0.717, 1.165) is 6.54 Å². The molecule has 0 aliphatic carbocycles. The monoisotopic (exact) mass is 405 g/mol. The van der Waals surface area contributed by atoms with Gasteiger partial charge in [-0.2, -0.15) is 0 Å². The van der Waals surface area contributed by atoms with Crippen LogP contribution in [-0.4, -0.2) is 12.6 Å². The standard InChI is InChI=1S/C29H43N/c1-20(2)28(5,6)24-15-11-22(12-16-24)27(26-10-9-19-30-26)23-13-17-25(18-14-23)29(7,8)21(3)4/h11-18,20-21,26-27,30H,9-10,19H2,1-8H3. The summed E-state index contributed by atoms with van der Waals surface area (Å²) in [6.07, 6.45) is 2.53. The molecule has 2 aromatic rings. The minimum Gasteiger partial charge on any atom is -0.313 e. The minimum atomic E-state index is 0.198. The minimum absolute atomic E-state index is 0.198. The summed E-state index contributed by atoms with van der Waals surface area (Å²) < 4.78 is 0. The van der Waals surface area contributed by atoms with Crippen LogP contribution >= 0.6 is 0 Å². The molecule has 1 fully saturated rings. The van der Waals surface area contributed by atoms with Gasteiger partial charge in [0, 0.05) is 12.0 Å². The summed E-state index contributed by atoms with van der Waals surface area (Å²) in [5.41, 5.74) is 6.15. The molecule has 0 amide bonds. The maximum absolute atomic E-state index is 3.78. The predicted molar refractivity (Wildman–Crippen MR) is 131 cm³/mol. The number of rotatable bonds is 7. The summed E-state index contributed by atoms with van der Waals surface area (Å²) in [5, 5.41) is 3.78. The van der Waals surface area contributed by atoms with E-state index in [4.69, 9.17) is 0 Å². The lowest BCUT2D eigenvalue weighted by Gasteiger charge is -2.32. The van der Waals surface area contributed by atoms with Crippen LogP contribution in [0, 0.1) is 11.8 Å². The van der Waals surface area contributed by atoms with Crippen molar-refractivity contribution in [1.82, 2.24) is 5.32 Å². The molecular formula is C29H43N. The van der Waals surface area contributed by atoms with Crippen molar-refractivity contribution in [2.24, 2.45) is 11.8 Å². The predicted octanol–water partition coefficient (Wildman–Crippen LogP) is 7.44. The van der Waals surface area contributed by atoms with Gasteiger partial charge in [0.1, 0.15) is 0 Å². The molecule has 1 unspecified atom stereocenters. The fourth-order valence-electron chi connectivity index (χ4n) is 4.56. The average Bonchev–Trinajstić information content (AvgIpc) is 3.23. The van der Waals surface area contributed by atoms with E-state index in [-0.39, 0.29) is 10.8 Å². The second-order valence-corrected chi connectivity index (χ2v) is 11.2. The molecule has 0 spiro atoms. The van der Waals surface area contributed by atoms with E-state index in [1.54, 1.807) is 0 Å². The highest BCUT2D eigenvalue weighted by atomic mass is 14.9. The lowest BCUT2D eigenvalue weighted by atomic mass is 9.73. The molecule has 1 heteroatoms. The lowest BCUT2D eigenvalue weighted by molar-refractivity contribution is 0.372. The quantitative estimate of drug-likeness (QED) is 0.505. The zero-order valence-electron chi connectivity index (χ0n) is 20.5. The van der Waals surface area contributed by atoms with Crippen molar-refractivity contribution >= 4 is 0 Å². The van der Waals surface area contributed by atoms with Crippen LogP contribution in [0.5, 0.6) is 0 Å². The summed E-state index contributed by atoms with van der Waals surface area (Å²) in [4.78, 5) is 0. The molecule has 0 radical (unpaired) electrons. The molecule has 1 heterocycles. The number of hydrogen-bond donors (Lipinski definition) is 1. The molecule has 1 aliphatic heterocycles. The van der Waals surface area contributed by atoms with Gasteiger partial charge < -0.3 is 5.32 Å². The van der Waals surface area contributed by atoms with Gasteiger partial charge in [0.2, 0.25) is 0 Å². The molecule has 0 bridgehead atoms. The maximum atomic E-state index is 3.78. The first-order valence-corrected chi connectivity index (χ1v) is 12.0. The Kier molecular flexibility index (Phi) is 6.82. The molecule has 1 saturated heterocycles. The molecule has 1 nitrogen and oxygen atoms in total. The third-order valence-electron chi connectivity index (χ3n) is 8.42. The molecule has 1 N–H and O–H groups in total. The van der Waals surface area contributed by atoms with E-state index >= 15 is 0 Å². The van der Waals surface area contributed by atoms with Crippen molar-refractivity contribution in [2.75, 3.05) is 6.54 Å². The summed E-state index contributed by atoms with van der Waals surface area (Å²) >= 11 is 0. The van der Waals surface area contributed by atoms with Gasteiger partial charge in [-0.15, -0.1) is 0 Å². The summed E-state index contributed by atoms with van der Waals surface area (Å²) in [7, 11) is 0. The Labute approximate surface area is 185 Å². The van der Waals surface area contributed by atoms with Crippen LogP contribution in [0.4, 0.5) is 0 Å². The van der Waals surface area contributed by atoms with Crippen LogP contribution in [0.25, 0.3) is 0 Å². The molecule has 3 rings (SSSR count). The van der Waals surface area contributed by atoms with Gasteiger partial charge in [0.05, 0.1) is 0 Å². The molecule has 1 aliphatic rings. The summed E-state index contributed by atoms with van der Waals surface area (Å²) in [6, 6.07) is 19.5. The van der Waals surface area contributed by atoms with Crippen molar-refractivity contribution in [2.45, 2.75) is 91.0 Å². The maximum Gasteiger partial charge on any atom is 0.0243 e. The van der Waals surface area contributed by atoms with Crippen molar-refractivity contribution in [3.05, 3.63) is 70.8 Å². The highest BCUT2D eigenvalue weighted by Gasteiger charge is 2.30. The van der Waals surface area contributed by atoms with E-state index in [0.29, 0.717) is 23.8 Å². The third-order valence-corrected chi connectivity index (χ3v) is 8.42. The third kappa shape index (κ3) is 4.52. The Morgan fingerprint density at radius 1 is 0.700 bits per heavy atom. The van der Waals surface area contributed by atoms with Crippen LogP contribution < -0.4 is 5.32 Å². The zero-order chi connectivity index (χ0) is 22.1. The first-order valence-electron chi connectivity index (χ1n) is 12.0. The molecule has 2 aromatic carbocycles. The molecule has 30 heavy (non-hydrogen) atoms. The van der Waals surface area contributed by atoms with E-state index in [1.165, 1.54) is 35.1 Å². The Morgan fingerprint density at radius 3 is 1.40 bits per heavy atom. The van der Waals surface area contributed by atoms with Crippen LogP contribution in [-0.2, 0) is 10.8 Å². The lowest BCUT2D eigenvalue weighted by Crippen LogP contribution is -2.30. The Balaban J connectivity index is 1.95. The van der Waals surface area contributed by atoms with Crippen LogP contribution in [0.2, 0.25) is 0 Å². The van der Waals surface area contributed by atoms with Gasteiger partial charge in [-0.05, 0) is 64.3 Å². The number of hydrogen-bond acceptors (Lipinski definition) is 1. The molecule has 1 atom stereocenters. The van der Waals surface area contributed by atoms with Crippen molar-refractivity contribution in [3.63, 3.8) is 0 Å². The highest BCUT2D eigenvalue weighted by Crippen LogP contribution is 2.37. The first-order chi connectivity index (χ1) is 14.0. The van der Waals surface area contributed by atoms with E-state index in [9.17, 15) is 0 Å². The molecule has 0 saturated carbocycles. The molecule has 164 valence electrons. The second-order valence-electron chi connectivity index (χ2n) is 11.2. The smallest absolute Gasteiger partial charge is 0.0243 e. The van der Waals surface area contributed by atoms with Crippen molar-refractivity contribution < 1.29 is 0 Å².